The van der Waals surface area contributed by atoms with Crippen molar-refractivity contribution in [1.29, 1.82) is 0 Å². The molecule has 0 saturated heterocycles. The first-order valence-electron chi connectivity index (χ1n) is 5.43. The van der Waals surface area contributed by atoms with Crippen LogP contribution in [0.4, 0.5) is 5.69 Å². The standard InChI is InChI=1S/C14H12N2O2/c17-14(18)10-15-16-13-8-6-12(7-9-13)11-4-2-1-3-5-11/h1-10,16H,(H,17,18). The summed E-state index contributed by atoms with van der Waals surface area (Å²) >= 11 is 0. The molecule has 0 spiro atoms. The van der Waals surface area contributed by atoms with Gasteiger partial charge in [0.1, 0.15) is 6.21 Å². The molecule has 0 atom stereocenters. The molecule has 0 aromatic heterocycles. The molecular formula is C14H12N2O2. The predicted molar refractivity (Wildman–Crippen MR) is 71.6 cm³/mol. The molecule has 0 bridgehead atoms. The van der Waals surface area contributed by atoms with Crippen molar-refractivity contribution in [1.82, 2.24) is 0 Å². The van der Waals surface area contributed by atoms with Crippen molar-refractivity contribution in [2.24, 2.45) is 5.10 Å². The highest BCUT2D eigenvalue weighted by molar-refractivity contribution is 6.22. The van der Waals surface area contributed by atoms with E-state index in [0.29, 0.717) is 0 Å². The Morgan fingerprint density at radius 2 is 1.61 bits per heavy atom. The molecule has 0 heterocycles. The molecule has 0 aliphatic carbocycles. The quantitative estimate of drug-likeness (QED) is 0.638. The molecular weight excluding hydrogens is 228 g/mol. The number of carbonyl (C=O) groups is 1. The first-order chi connectivity index (χ1) is 8.75. The Hall–Kier alpha value is -2.62. The fourth-order valence-corrected chi connectivity index (χ4v) is 1.53. The van der Waals surface area contributed by atoms with E-state index in [0.717, 1.165) is 23.0 Å². The molecule has 4 heteroatoms. The minimum Gasteiger partial charge on any atom is -0.477 e. The van der Waals surface area contributed by atoms with E-state index in [9.17, 15) is 4.79 Å². The molecule has 2 N–H and O–H groups in total. The minimum atomic E-state index is -1.08. The lowest BCUT2D eigenvalue weighted by Gasteiger charge is -2.03. The number of nitrogens with zero attached hydrogens (tertiary/aromatic N) is 1. The average molecular weight is 240 g/mol. The summed E-state index contributed by atoms with van der Waals surface area (Å²) < 4.78 is 0. The van der Waals surface area contributed by atoms with Gasteiger partial charge in [-0.25, -0.2) is 4.79 Å². The summed E-state index contributed by atoms with van der Waals surface area (Å²) in [5.74, 6) is -1.08. The maximum absolute atomic E-state index is 10.2. The molecule has 2 aromatic carbocycles. The van der Waals surface area contributed by atoms with E-state index in [1.807, 2.05) is 54.6 Å². The second-order valence-electron chi connectivity index (χ2n) is 3.65. The van der Waals surface area contributed by atoms with Gasteiger partial charge in [-0.15, -0.1) is 0 Å². The van der Waals surface area contributed by atoms with Gasteiger partial charge in [0.05, 0.1) is 5.69 Å². The third-order valence-electron chi connectivity index (χ3n) is 2.36. The van der Waals surface area contributed by atoms with Crippen LogP contribution in [0.1, 0.15) is 0 Å². The predicted octanol–water partition coefficient (Wildman–Crippen LogP) is 2.84. The lowest BCUT2D eigenvalue weighted by atomic mass is 10.1. The van der Waals surface area contributed by atoms with Gasteiger partial charge in [0.25, 0.3) is 0 Å². The summed E-state index contributed by atoms with van der Waals surface area (Å²) in [5, 5.41) is 12.0. The SMILES string of the molecule is O=C(O)C=NNc1ccc(-c2ccccc2)cc1. The first kappa shape index (κ1) is 11.9. The number of hydrogen-bond donors (Lipinski definition) is 2. The van der Waals surface area contributed by atoms with Crippen LogP contribution in [0.25, 0.3) is 11.1 Å². The zero-order valence-electron chi connectivity index (χ0n) is 9.58. The third-order valence-corrected chi connectivity index (χ3v) is 2.36. The van der Waals surface area contributed by atoms with Gasteiger partial charge in [-0.05, 0) is 23.3 Å². The zero-order valence-corrected chi connectivity index (χ0v) is 9.58. The van der Waals surface area contributed by atoms with Gasteiger partial charge in [0.15, 0.2) is 0 Å². The molecule has 0 aliphatic rings. The Labute approximate surface area is 105 Å². The largest absolute Gasteiger partial charge is 0.477 e. The van der Waals surface area contributed by atoms with Crippen LogP contribution in [-0.4, -0.2) is 17.3 Å². The Morgan fingerprint density at radius 1 is 1.00 bits per heavy atom. The number of benzene rings is 2. The number of rotatable bonds is 4. The van der Waals surface area contributed by atoms with Gasteiger partial charge in [0.2, 0.25) is 0 Å². The molecule has 90 valence electrons. The molecule has 4 nitrogen and oxygen atoms in total. The van der Waals surface area contributed by atoms with Crippen molar-refractivity contribution in [3.8, 4) is 11.1 Å². The Bertz CT molecular complexity index is 548. The van der Waals surface area contributed by atoms with Crippen molar-refractivity contribution in [2.75, 3.05) is 5.43 Å². The Balaban J connectivity index is 2.09. The van der Waals surface area contributed by atoms with Crippen molar-refractivity contribution < 1.29 is 9.90 Å². The molecule has 18 heavy (non-hydrogen) atoms. The van der Waals surface area contributed by atoms with Crippen molar-refractivity contribution in [3.05, 3.63) is 54.6 Å². The smallest absolute Gasteiger partial charge is 0.348 e. The summed E-state index contributed by atoms with van der Waals surface area (Å²) in [6, 6.07) is 17.6. The second-order valence-corrected chi connectivity index (χ2v) is 3.65. The van der Waals surface area contributed by atoms with E-state index in [2.05, 4.69) is 10.5 Å². The minimum absolute atomic E-state index is 0.743. The van der Waals surface area contributed by atoms with E-state index >= 15 is 0 Å². The Kier molecular flexibility index (Phi) is 3.71. The van der Waals surface area contributed by atoms with E-state index in [4.69, 9.17) is 5.11 Å². The number of nitrogens with one attached hydrogen (secondary N) is 1. The van der Waals surface area contributed by atoms with Crippen LogP contribution < -0.4 is 5.43 Å². The third kappa shape index (κ3) is 3.18. The highest BCUT2D eigenvalue weighted by atomic mass is 16.4. The van der Waals surface area contributed by atoms with Gasteiger partial charge < -0.3 is 5.11 Å². The maximum Gasteiger partial charge on any atom is 0.348 e. The first-order valence-corrected chi connectivity index (χ1v) is 5.43. The lowest BCUT2D eigenvalue weighted by molar-refractivity contribution is -0.128. The highest BCUT2D eigenvalue weighted by Gasteiger charge is 1.96. The molecule has 0 amide bonds. The highest BCUT2D eigenvalue weighted by Crippen LogP contribution is 2.20. The number of carboxylic acid groups (broad SMARTS) is 1. The lowest BCUT2D eigenvalue weighted by Crippen LogP contribution is -1.98. The molecule has 0 saturated carbocycles. The molecule has 2 rings (SSSR count). The van der Waals surface area contributed by atoms with Gasteiger partial charge in [-0.2, -0.15) is 5.10 Å². The van der Waals surface area contributed by atoms with Crippen LogP contribution in [0, 0.1) is 0 Å². The van der Waals surface area contributed by atoms with Crippen molar-refractivity contribution >= 4 is 17.9 Å². The van der Waals surface area contributed by atoms with E-state index in [-0.39, 0.29) is 0 Å². The maximum atomic E-state index is 10.2. The molecule has 2 aromatic rings. The van der Waals surface area contributed by atoms with Crippen molar-refractivity contribution in [2.45, 2.75) is 0 Å². The van der Waals surface area contributed by atoms with Gasteiger partial charge >= 0.3 is 5.97 Å². The van der Waals surface area contributed by atoms with Crippen LogP contribution in [0.15, 0.2) is 59.7 Å². The monoisotopic (exact) mass is 240 g/mol. The van der Waals surface area contributed by atoms with Gasteiger partial charge in [-0.3, -0.25) is 5.43 Å². The van der Waals surface area contributed by atoms with E-state index in [1.54, 1.807) is 0 Å². The van der Waals surface area contributed by atoms with Crippen LogP contribution >= 0.6 is 0 Å². The number of carboxylic acids is 1. The Morgan fingerprint density at radius 3 is 2.22 bits per heavy atom. The van der Waals surface area contributed by atoms with Crippen LogP contribution in [0.2, 0.25) is 0 Å². The molecule has 0 unspecified atom stereocenters. The van der Waals surface area contributed by atoms with Crippen LogP contribution in [0.3, 0.4) is 0 Å². The summed E-state index contributed by atoms with van der Waals surface area (Å²) in [4.78, 5) is 10.2. The summed E-state index contributed by atoms with van der Waals surface area (Å²) in [5.41, 5.74) is 5.62. The molecule has 0 radical (unpaired) electrons. The van der Waals surface area contributed by atoms with Crippen molar-refractivity contribution in [3.63, 3.8) is 0 Å². The van der Waals surface area contributed by atoms with Gasteiger partial charge in [-0.1, -0.05) is 42.5 Å². The van der Waals surface area contributed by atoms with E-state index < -0.39 is 5.97 Å². The number of anilines is 1. The number of aliphatic carboxylic acids is 1. The summed E-state index contributed by atoms with van der Waals surface area (Å²) in [7, 11) is 0. The topological polar surface area (TPSA) is 61.7 Å². The second kappa shape index (κ2) is 5.63. The fourth-order valence-electron chi connectivity index (χ4n) is 1.53. The number of hydrazone groups is 1. The zero-order chi connectivity index (χ0) is 12.8. The van der Waals surface area contributed by atoms with Gasteiger partial charge in [0, 0.05) is 0 Å². The number of hydrogen-bond acceptors (Lipinski definition) is 3. The van der Waals surface area contributed by atoms with Crippen LogP contribution in [0.5, 0.6) is 0 Å². The van der Waals surface area contributed by atoms with Crippen LogP contribution in [-0.2, 0) is 4.79 Å². The fraction of sp³-hybridized carbons (Fsp3) is 0. The van der Waals surface area contributed by atoms with E-state index in [1.165, 1.54) is 0 Å². The molecule has 0 fully saturated rings. The average Bonchev–Trinajstić information content (AvgIpc) is 2.40. The normalized spacial score (nSPS) is 10.4. The summed E-state index contributed by atoms with van der Waals surface area (Å²) in [6.07, 6.45) is 0.811. The molecule has 0 aliphatic heterocycles. The summed E-state index contributed by atoms with van der Waals surface area (Å²) in [6.45, 7) is 0.